The van der Waals surface area contributed by atoms with Gasteiger partial charge in [0.05, 0.1) is 23.8 Å². The summed E-state index contributed by atoms with van der Waals surface area (Å²) in [6, 6.07) is 2.69. The van der Waals surface area contributed by atoms with E-state index < -0.39 is 22.0 Å². The predicted molar refractivity (Wildman–Crippen MR) is 75.1 cm³/mol. The van der Waals surface area contributed by atoms with Crippen molar-refractivity contribution in [2.45, 2.75) is 10.9 Å². The van der Waals surface area contributed by atoms with Crippen molar-refractivity contribution in [1.29, 1.82) is 0 Å². The van der Waals surface area contributed by atoms with Gasteiger partial charge >= 0.3 is 0 Å². The van der Waals surface area contributed by atoms with Crippen LogP contribution in [0.25, 0.3) is 0 Å². The van der Waals surface area contributed by atoms with Gasteiger partial charge in [0.15, 0.2) is 0 Å². The summed E-state index contributed by atoms with van der Waals surface area (Å²) in [5, 5.41) is 11.8. The molecule has 1 atom stereocenters. The minimum atomic E-state index is -3.90. The van der Waals surface area contributed by atoms with Gasteiger partial charge in [0, 0.05) is 13.6 Å². The van der Waals surface area contributed by atoms with Gasteiger partial charge in [0.1, 0.15) is 11.8 Å². The van der Waals surface area contributed by atoms with E-state index >= 15 is 0 Å². The highest BCUT2D eigenvalue weighted by Gasteiger charge is 2.38. The van der Waals surface area contributed by atoms with E-state index in [0.29, 0.717) is 0 Å². The molecule has 0 spiro atoms. The van der Waals surface area contributed by atoms with E-state index in [9.17, 15) is 18.3 Å². The number of ether oxygens (including phenoxy) is 1. The molecule has 2 rings (SSSR count). The van der Waals surface area contributed by atoms with Gasteiger partial charge in [-0.2, -0.15) is 4.31 Å². The van der Waals surface area contributed by atoms with Crippen LogP contribution in [0.4, 0.5) is 5.69 Å². The number of aromatic hydroxyl groups is 1. The van der Waals surface area contributed by atoms with Crippen LogP contribution < -0.4 is 11.1 Å². The molecule has 1 fully saturated rings. The summed E-state index contributed by atoms with van der Waals surface area (Å²) in [7, 11) is -2.47. The normalized spacial score (nSPS) is 20.1. The minimum Gasteiger partial charge on any atom is -0.506 e. The Labute approximate surface area is 122 Å². The summed E-state index contributed by atoms with van der Waals surface area (Å²) >= 11 is 0. The number of phenolic OH excluding ortho intramolecular Hbond substituents is 1. The Morgan fingerprint density at radius 1 is 1.52 bits per heavy atom. The van der Waals surface area contributed by atoms with Gasteiger partial charge in [-0.05, 0) is 18.2 Å². The van der Waals surface area contributed by atoms with Crippen molar-refractivity contribution >= 4 is 21.6 Å². The zero-order valence-electron chi connectivity index (χ0n) is 11.4. The van der Waals surface area contributed by atoms with E-state index in [1.807, 2.05) is 0 Å². The van der Waals surface area contributed by atoms with Crippen LogP contribution in [0.5, 0.6) is 5.75 Å². The number of anilines is 1. The molecule has 1 amide bonds. The quantitative estimate of drug-likeness (QED) is 0.491. The minimum absolute atomic E-state index is 0.00747. The van der Waals surface area contributed by atoms with Gasteiger partial charge < -0.3 is 20.9 Å². The molecule has 4 N–H and O–H groups in total. The summed E-state index contributed by atoms with van der Waals surface area (Å²) in [6.07, 6.45) is 0. The van der Waals surface area contributed by atoms with Crippen LogP contribution in [-0.4, -0.2) is 56.6 Å². The summed E-state index contributed by atoms with van der Waals surface area (Å²) in [5.41, 5.74) is 5.49. The molecule has 1 unspecified atom stereocenters. The third-order valence-electron chi connectivity index (χ3n) is 3.23. The molecule has 0 aromatic heterocycles. The predicted octanol–water partition coefficient (Wildman–Crippen LogP) is -0.890. The molecule has 116 valence electrons. The molecule has 0 aliphatic carbocycles. The van der Waals surface area contributed by atoms with E-state index in [-0.39, 0.29) is 36.1 Å². The molecule has 1 aliphatic rings. The lowest BCUT2D eigenvalue weighted by Crippen LogP contribution is -2.55. The molecule has 1 saturated heterocycles. The van der Waals surface area contributed by atoms with Crippen LogP contribution in [0.2, 0.25) is 0 Å². The van der Waals surface area contributed by atoms with Crippen LogP contribution in [0.3, 0.4) is 0 Å². The Morgan fingerprint density at radius 3 is 2.86 bits per heavy atom. The second-order valence-corrected chi connectivity index (χ2v) is 6.43. The number of rotatable bonds is 3. The first kappa shape index (κ1) is 15.5. The number of likely N-dealkylation sites (N-methyl/N-ethyl adjacent to an activating group) is 1. The van der Waals surface area contributed by atoms with Gasteiger partial charge in [0.25, 0.3) is 0 Å². The first-order chi connectivity index (χ1) is 9.87. The smallest absolute Gasteiger partial charge is 0.244 e. The molecule has 0 radical (unpaired) electrons. The van der Waals surface area contributed by atoms with Crippen molar-refractivity contribution in [1.82, 2.24) is 9.62 Å². The van der Waals surface area contributed by atoms with Crippen LogP contribution in [0.15, 0.2) is 23.1 Å². The summed E-state index contributed by atoms with van der Waals surface area (Å²) in [6.45, 7) is 0.272. The molecule has 1 aromatic rings. The fourth-order valence-electron chi connectivity index (χ4n) is 2.08. The molecule has 0 bridgehead atoms. The highest BCUT2D eigenvalue weighted by Crippen LogP contribution is 2.27. The van der Waals surface area contributed by atoms with Gasteiger partial charge in [-0.15, -0.1) is 0 Å². The molecule has 0 saturated carbocycles. The number of sulfonamides is 1. The number of nitrogen functional groups attached to an aromatic ring is 1. The highest BCUT2D eigenvalue weighted by atomic mass is 32.2. The van der Waals surface area contributed by atoms with Crippen LogP contribution >= 0.6 is 0 Å². The van der Waals surface area contributed by atoms with E-state index in [4.69, 9.17) is 10.5 Å². The number of benzene rings is 1. The molecule has 9 heteroatoms. The highest BCUT2D eigenvalue weighted by molar-refractivity contribution is 7.89. The number of nitrogens with one attached hydrogen (secondary N) is 1. The SMILES string of the molecule is CNC(=O)C1COCCN1S(=O)(=O)c1ccc(O)c(N)c1. The first-order valence-electron chi connectivity index (χ1n) is 6.27. The Bertz CT molecular complexity index is 646. The average molecular weight is 315 g/mol. The number of carbonyl (C=O) groups excluding carboxylic acids is 1. The second kappa shape index (κ2) is 5.88. The number of phenols is 1. The number of amides is 1. The molecule has 1 aromatic carbocycles. The number of nitrogens with zero attached hydrogens (tertiary/aromatic N) is 1. The fourth-order valence-corrected chi connectivity index (χ4v) is 3.67. The average Bonchev–Trinajstić information content (AvgIpc) is 2.49. The standard InChI is InChI=1S/C12H17N3O5S/c1-14-12(17)10-7-20-5-4-15(10)21(18,19)8-2-3-11(16)9(13)6-8/h2-3,6,10,16H,4-5,7,13H2,1H3,(H,14,17). The zero-order chi connectivity index (χ0) is 15.6. The Morgan fingerprint density at radius 2 is 2.24 bits per heavy atom. The topological polar surface area (TPSA) is 122 Å². The van der Waals surface area contributed by atoms with E-state index in [0.717, 1.165) is 4.31 Å². The lowest BCUT2D eigenvalue weighted by atomic mass is 10.2. The lowest BCUT2D eigenvalue weighted by Gasteiger charge is -2.33. The Balaban J connectivity index is 2.40. The molecule has 21 heavy (non-hydrogen) atoms. The van der Waals surface area contributed by atoms with Crippen molar-refractivity contribution in [2.75, 3.05) is 32.5 Å². The van der Waals surface area contributed by atoms with Crippen molar-refractivity contribution in [3.8, 4) is 5.75 Å². The largest absolute Gasteiger partial charge is 0.506 e. The van der Waals surface area contributed by atoms with Crippen molar-refractivity contribution < 1.29 is 23.1 Å². The zero-order valence-corrected chi connectivity index (χ0v) is 12.3. The van der Waals surface area contributed by atoms with Crippen LogP contribution in [-0.2, 0) is 19.6 Å². The third-order valence-corrected chi connectivity index (χ3v) is 5.14. The molecule has 1 aliphatic heterocycles. The number of hydrogen-bond acceptors (Lipinski definition) is 6. The maximum absolute atomic E-state index is 12.6. The summed E-state index contributed by atoms with van der Waals surface area (Å²) in [5.74, 6) is -0.635. The lowest BCUT2D eigenvalue weighted by molar-refractivity contribution is -0.128. The number of morpholine rings is 1. The molecular formula is C12H17N3O5S. The van der Waals surface area contributed by atoms with Crippen molar-refractivity contribution in [3.05, 3.63) is 18.2 Å². The van der Waals surface area contributed by atoms with E-state index in [1.165, 1.54) is 25.2 Å². The maximum atomic E-state index is 12.6. The summed E-state index contributed by atoms with van der Waals surface area (Å²) < 4.78 is 31.5. The van der Waals surface area contributed by atoms with Gasteiger partial charge in [-0.3, -0.25) is 4.79 Å². The monoisotopic (exact) mass is 315 g/mol. The number of hydrogen-bond donors (Lipinski definition) is 3. The first-order valence-corrected chi connectivity index (χ1v) is 7.71. The van der Waals surface area contributed by atoms with Gasteiger partial charge in [-0.1, -0.05) is 0 Å². The van der Waals surface area contributed by atoms with Crippen LogP contribution in [0.1, 0.15) is 0 Å². The maximum Gasteiger partial charge on any atom is 0.244 e. The van der Waals surface area contributed by atoms with Gasteiger partial charge in [-0.25, -0.2) is 8.42 Å². The Hall–Kier alpha value is -1.84. The van der Waals surface area contributed by atoms with Crippen molar-refractivity contribution in [3.63, 3.8) is 0 Å². The van der Waals surface area contributed by atoms with Crippen molar-refractivity contribution in [2.24, 2.45) is 0 Å². The molecule has 1 heterocycles. The van der Waals surface area contributed by atoms with E-state index in [1.54, 1.807) is 0 Å². The molecular weight excluding hydrogens is 298 g/mol. The fraction of sp³-hybridized carbons (Fsp3) is 0.417. The van der Waals surface area contributed by atoms with Crippen LogP contribution in [0, 0.1) is 0 Å². The van der Waals surface area contributed by atoms with E-state index in [2.05, 4.69) is 5.32 Å². The number of carbonyl (C=O) groups is 1. The van der Waals surface area contributed by atoms with Gasteiger partial charge in [0.2, 0.25) is 15.9 Å². The second-order valence-electron chi connectivity index (χ2n) is 4.54. The Kier molecular flexibility index (Phi) is 4.35. The summed E-state index contributed by atoms with van der Waals surface area (Å²) in [4.78, 5) is 11.7. The third kappa shape index (κ3) is 2.94. The molecule has 8 nitrogen and oxygen atoms in total. The number of nitrogens with two attached hydrogens (primary N) is 1.